The molecule has 65 heavy (non-hydrogen) atoms. The van der Waals surface area contributed by atoms with E-state index in [4.69, 9.17) is 31.4 Å². The number of nitrogens with one attached hydrogen (secondary N) is 3. The van der Waals surface area contributed by atoms with Crippen molar-refractivity contribution >= 4 is 29.6 Å². The van der Waals surface area contributed by atoms with Gasteiger partial charge in [0.25, 0.3) is 5.91 Å². The Morgan fingerprint density at radius 2 is 1.49 bits per heavy atom. The molecule has 2 heterocycles. The predicted octanol–water partition coefficient (Wildman–Crippen LogP) is 2.70. The van der Waals surface area contributed by atoms with Gasteiger partial charge < -0.3 is 57.4 Å². The molecule has 1 aliphatic heterocycles. The first-order valence-corrected chi connectivity index (χ1v) is 21.8. The summed E-state index contributed by atoms with van der Waals surface area (Å²) in [6, 6.07) is 12.3. The van der Waals surface area contributed by atoms with Crippen molar-refractivity contribution in [2.24, 2.45) is 17.2 Å². The second-order valence-electron chi connectivity index (χ2n) is 16.4. The summed E-state index contributed by atoms with van der Waals surface area (Å²) < 4.78 is 18.3. The fourth-order valence-corrected chi connectivity index (χ4v) is 7.86. The minimum Gasteiger partial charge on any atom is -0.492 e. The summed E-state index contributed by atoms with van der Waals surface area (Å²) in [6.07, 6.45) is 2.89. The number of hydrogen-bond donors (Lipinski definition) is 7. The number of carboxylic acids is 1. The van der Waals surface area contributed by atoms with Gasteiger partial charge in [-0.2, -0.15) is 0 Å². The lowest BCUT2D eigenvalue weighted by molar-refractivity contribution is -0.143. The highest BCUT2D eigenvalue weighted by Gasteiger charge is 2.43. The lowest BCUT2D eigenvalue weighted by atomic mass is 9.93. The topological polar surface area (TPSA) is 276 Å². The fraction of sp³-hybridized carbons (Fsp3) is 0.426. The highest BCUT2D eigenvalue weighted by molar-refractivity contribution is 6.00. The van der Waals surface area contributed by atoms with E-state index >= 15 is 0 Å². The molecule has 0 spiro atoms. The lowest BCUT2D eigenvalue weighted by Crippen LogP contribution is -2.55. The predicted molar refractivity (Wildman–Crippen MR) is 242 cm³/mol. The first kappa shape index (κ1) is 47.8. The van der Waals surface area contributed by atoms with Crippen LogP contribution in [-0.4, -0.2) is 113 Å². The summed E-state index contributed by atoms with van der Waals surface area (Å²) in [7, 11) is 1.41. The highest BCUT2D eigenvalue weighted by Crippen LogP contribution is 2.43. The minimum absolute atomic E-state index is 0.00480. The molecule has 0 saturated heterocycles. The van der Waals surface area contributed by atoms with Gasteiger partial charge >= 0.3 is 5.97 Å². The maximum absolute atomic E-state index is 14.7. The molecule has 1 saturated carbocycles. The highest BCUT2D eigenvalue weighted by atomic mass is 16.5. The Morgan fingerprint density at radius 1 is 0.877 bits per heavy atom. The first-order chi connectivity index (χ1) is 31.1. The zero-order chi connectivity index (χ0) is 47.0. The Bertz CT molecular complexity index is 2380. The van der Waals surface area contributed by atoms with E-state index in [1.165, 1.54) is 18.9 Å². The van der Waals surface area contributed by atoms with Crippen molar-refractivity contribution < 1.29 is 43.3 Å². The van der Waals surface area contributed by atoms with E-state index in [2.05, 4.69) is 32.8 Å². The average Bonchev–Trinajstić information content (AvgIpc) is 4.06. The molecular weight excluding hydrogens is 835 g/mol. The van der Waals surface area contributed by atoms with Crippen LogP contribution in [-0.2, 0) is 25.6 Å². The number of fused-ring (bicyclic) bond motifs is 5. The van der Waals surface area contributed by atoms with Crippen LogP contribution in [0.25, 0.3) is 22.5 Å². The summed E-state index contributed by atoms with van der Waals surface area (Å²) in [5.41, 5.74) is 21.0. The summed E-state index contributed by atoms with van der Waals surface area (Å²) in [6.45, 7) is 7.54. The standard InChI is InChI=1S/C47H59N9O9/c1-6-47(16-17-47)65-32-11-8-30(9-12-32)41-51-26(2)39(27(3)52-41)43(58)54-35(15-18-48)45(60)56(5)40-31-10-14-38(64-22-20-50)34(25-31)33-23-29(7-13-37(33)63-21-19-49)24-36(46(61)62)55-42(57)28(4)53-44(40)59/h7-14,23,25,28,35-36,40H,6,15-22,24,48-50H2,1-5H3,(H,53,59)(H,54,58)(H,55,57)(H,61,62)/t28-,35?,36-,40-/m0/s1. The average molecular weight is 894 g/mol. The molecule has 1 aliphatic carbocycles. The van der Waals surface area contributed by atoms with E-state index < -0.39 is 53.8 Å². The molecule has 10 N–H and O–H groups in total. The maximum Gasteiger partial charge on any atom is 0.326 e. The van der Waals surface area contributed by atoms with Gasteiger partial charge in [-0.25, -0.2) is 14.8 Å². The third-order valence-electron chi connectivity index (χ3n) is 11.6. The second kappa shape index (κ2) is 20.9. The number of hydrogen-bond acceptors (Lipinski definition) is 13. The zero-order valence-electron chi connectivity index (χ0n) is 37.4. The van der Waals surface area contributed by atoms with Crippen LogP contribution in [0.3, 0.4) is 0 Å². The number of benzene rings is 3. The number of likely N-dealkylation sites (N-methyl/N-ethyl adjacent to an activating group) is 1. The van der Waals surface area contributed by atoms with Gasteiger partial charge in [-0.05, 0) is 113 Å². The Kier molecular flexibility index (Phi) is 15.4. The Labute approximate surface area is 378 Å². The molecule has 4 bridgehead atoms. The summed E-state index contributed by atoms with van der Waals surface area (Å²) in [5.74, 6) is -2.19. The Balaban J connectivity index is 1.35. The third kappa shape index (κ3) is 11.2. The van der Waals surface area contributed by atoms with Gasteiger partial charge in [-0.3, -0.25) is 19.2 Å². The summed E-state index contributed by atoms with van der Waals surface area (Å²) >= 11 is 0. The molecule has 2 aliphatic rings. The number of rotatable bonds is 17. The summed E-state index contributed by atoms with van der Waals surface area (Å²) in [5, 5.41) is 18.1. The van der Waals surface area contributed by atoms with Crippen molar-refractivity contribution in [3.8, 4) is 39.8 Å². The van der Waals surface area contributed by atoms with E-state index in [9.17, 15) is 29.1 Å². The number of aromatic nitrogens is 2. The molecular formula is C47H59N9O9. The fourth-order valence-electron chi connectivity index (χ4n) is 7.86. The number of carboxylic acid groups (broad SMARTS) is 1. The number of aliphatic carboxylic acids is 1. The number of ether oxygens (including phenoxy) is 3. The largest absolute Gasteiger partial charge is 0.492 e. The van der Waals surface area contributed by atoms with E-state index in [1.54, 1.807) is 50.2 Å². The molecule has 4 aromatic rings. The van der Waals surface area contributed by atoms with Gasteiger partial charge in [0, 0.05) is 43.2 Å². The second-order valence-corrected chi connectivity index (χ2v) is 16.4. The van der Waals surface area contributed by atoms with Crippen molar-refractivity contribution in [1.29, 1.82) is 0 Å². The maximum atomic E-state index is 14.7. The van der Waals surface area contributed by atoms with Crippen molar-refractivity contribution in [2.45, 2.75) is 89.6 Å². The molecule has 1 fully saturated rings. The van der Waals surface area contributed by atoms with E-state index in [0.717, 1.165) is 30.6 Å². The van der Waals surface area contributed by atoms with Crippen LogP contribution < -0.4 is 47.4 Å². The molecule has 18 nitrogen and oxygen atoms in total. The van der Waals surface area contributed by atoms with Crippen LogP contribution in [0.4, 0.5) is 0 Å². The van der Waals surface area contributed by atoms with Crippen LogP contribution in [0, 0.1) is 13.8 Å². The smallest absolute Gasteiger partial charge is 0.326 e. The number of carbonyl (C=O) groups is 5. The molecule has 3 aromatic carbocycles. The van der Waals surface area contributed by atoms with E-state index in [1.807, 2.05) is 24.3 Å². The molecule has 4 amide bonds. The molecule has 4 atom stereocenters. The molecule has 1 unspecified atom stereocenters. The molecule has 346 valence electrons. The van der Waals surface area contributed by atoms with Crippen molar-refractivity contribution in [1.82, 2.24) is 30.8 Å². The van der Waals surface area contributed by atoms with Crippen molar-refractivity contribution in [3.05, 3.63) is 88.7 Å². The van der Waals surface area contributed by atoms with Crippen molar-refractivity contribution in [3.63, 3.8) is 0 Å². The molecule has 1 aromatic heterocycles. The van der Waals surface area contributed by atoms with E-state index in [-0.39, 0.29) is 56.9 Å². The zero-order valence-corrected chi connectivity index (χ0v) is 37.4. The lowest BCUT2D eigenvalue weighted by Gasteiger charge is -2.32. The SMILES string of the molecule is CCC1(Oc2ccc(-c3nc(C)c(C(=O)NC(CCN)C(=O)N(C)[C@@H]4C(=O)N[C@@H](C)C(=O)N[C@H](C(=O)O)Cc5ccc(OCCN)c(c5)-c5cc4ccc5OCCN)c(C)n3)cc2)CC1. The quantitative estimate of drug-likeness (QED) is 0.0804. The van der Waals surface area contributed by atoms with Gasteiger partial charge in [0.2, 0.25) is 17.7 Å². The van der Waals surface area contributed by atoms with Crippen LogP contribution in [0.2, 0.25) is 0 Å². The monoisotopic (exact) mass is 893 g/mol. The molecule has 0 radical (unpaired) electrons. The summed E-state index contributed by atoms with van der Waals surface area (Å²) in [4.78, 5) is 79.6. The first-order valence-electron chi connectivity index (χ1n) is 21.8. The Hall–Kier alpha value is -6.63. The van der Waals surface area contributed by atoms with Crippen LogP contribution in [0.15, 0.2) is 60.7 Å². The van der Waals surface area contributed by atoms with Gasteiger partial charge in [0.05, 0.1) is 17.0 Å². The number of amides is 4. The van der Waals surface area contributed by atoms with Crippen molar-refractivity contribution in [2.75, 3.05) is 39.9 Å². The normalized spacial score (nSPS) is 18.2. The molecule has 18 heteroatoms. The number of nitrogens with zero attached hydrogens (tertiary/aromatic N) is 3. The van der Waals surface area contributed by atoms with Crippen LogP contribution >= 0.6 is 0 Å². The van der Waals surface area contributed by atoms with Crippen LogP contribution in [0.1, 0.15) is 78.4 Å². The van der Waals surface area contributed by atoms with Crippen LogP contribution in [0.5, 0.6) is 17.2 Å². The van der Waals surface area contributed by atoms with Gasteiger partial charge in [0.1, 0.15) is 60.2 Å². The van der Waals surface area contributed by atoms with Gasteiger partial charge in [0.15, 0.2) is 5.82 Å². The Morgan fingerprint density at radius 3 is 2.06 bits per heavy atom. The number of nitrogens with two attached hydrogens (primary N) is 3. The van der Waals surface area contributed by atoms with E-state index in [0.29, 0.717) is 51.0 Å². The van der Waals surface area contributed by atoms with Gasteiger partial charge in [-0.1, -0.05) is 19.1 Å². The minimum atomic E-state index is -1.41. The molecule has 6 rings (SSSR count). The number of carbonyl (C=O) groups excluding carboxylic acids is 4. The third-order valence-corrected chi connectivity index (χ3v) is 11.6. The number of aryl methyl sites for hydroxylation is 2. The van der Waals surface area contributed by atoms with Gasteiger partial charge in [-0.15, -0.1) is 0 Å².